The number of para-hydroxylation sites is 1. The quantitative estimate of drug-likeness (QED) is 0.708. The highest BCUT2D eigenvalue weighted by molar-refractivity contribution is 6.08. The van der Waals surface area contributed by atoms with Gasteiger partial charge in [0.05, 0.1) is 6.04 Å². The largest absolute Gasteiger partial charge is 0.329 e. The molecule has 4 heterocycles. The molecular formula is C24H25N5O2. The van der Waals surface area contributed by atoms with Crippen molar-refractivity contribution in [2.45, 2.75) is 44.7 Å². The standard InChI is InChI=1S/C24H25N5O2/c1-15(2)29-16(3)13-20(27-29)22(30)28-12-10-24(21(28)17-7-6-11-25-14-17)18-8-4-5-9-19(18)26-23(24)31/h4-9,11,13-15,21H,10,12H2,1-3H3,(H,26,31). The van der Waals surface area contributed by atoms with Crippen LogP contribution in [0, 0.1) is 6.92 Å². The highest BCUT2D eigenvalue weighted by Gasteiger charge is 2.59. The average molecular weight is 415 g/mol. The van der Waals surface area contributed by atoms with E-state index in [1.807, 2.05) is 67.9 Å². The fourth-order valence-electron chi connectivity index (χ4n) is 5.17. The van der Waals surface area contributed by atoms with Gasteiger partial charge in [0.2, 0.25) is 5.91 Å². The number of carbonyl (C=O) groups is 2. The number of likely N-dealkylation sites (tertiary alicyclic amines) is 1. The number of pyridine rings is 1. The van der Waals surface area contributed by atoms with Gasteiger partial charge in [0, 0.05) is 36.4 Å². The minimum atomic E-state index is -0.842. The van der Waals surface area contributed by atoms with Crippen LogP contribution in [0.4, 0.5) is 5.69 Å². The van der Waals surface area contributed by atoms with Crippen molar-refractivity contribution in [3.05, 3.63) is 77.4 Å². The Balaban J connectivity index is 1.63. The van der Waals surface area contributed by atoms with Crippen LogP contribution in [-0.2, 0) is 10.2 Å². The summed E-state index contributed by atoms with van der Waals surface area (Å²) < 4.78 is 1.86. The molecule has 1 saturated heterocycles. The molecule has 2 aliphatic rings. The first-order valence-electron chi connectivity index (χ1n) is 10.6. The van der Waals surface area contributed by atoms with Crippen molar-refractivity contribution in [2.24, 2.45) is 0 Å². The van der Waals surface area contributed by atoms with Crippen molar-refractivity contribution in [1.82, 2.24) is 19.7 Å². The summed E-state index contributed by atoms with van der Waals surface area (Å²) in [5.41, 5.74) is 3.10. The monoisotopic (exact) mass is 415 g/mol. The van der Waals surface area contributed by atoms with E-state index in [0.717, 1.165) is 22.5 Å². The predicted octanol–water partition coefficient (Wildman–Crippen LogP) is 3.64. The van der Waals surface area contributed by atoms with E-state index >= 15 is 0 Å². The molecule has 3 aromatic rings. The molecule has 2 aliphatic heterocycles. The molecule has 1 aromatic carbocycles. The first kappa shape index (κ1) is 19.5. The number of carbonyl (C=O) groups excluding carboxylic acids is 2. The molecule has 0 radical (unpaired) electrons. The average Bonchev–Trinajstić information content (AvgIpc) is 3.43. The van der Waals surface area contributed by atoms with Gasteiger partial charge in [0.25, 0.3) is 5.91 Å². The lowest BCUT2D eigenvalue weighted by Gasteiger charge is -2.34. The maximum absolute atomic E-state index is 13.7. The normalized spacial score (nSPS) is 22.3. The fourth-order valence-corrected chi connectivity index (χ4v) is 5.17. The summed E-state index contributed by atoms with van der Waals surface area (Å²) in [5.74, 6) is -0.229. The third kappa shape index (κ3) is 2.80. The number of amides is 2. The highest BCUT2D eigenvalue weighted by Crippen LogP contribution is 2.54. The molecule has 2 unspecified atom stereocenters. The molecule has 5 rings (SSSR count). The Bertz CT molecular complexity index is 1170. The first-order chi connectivity index (χ1) is 14.9. The zero-order chi connectivity index (χ0) is 21.8. The second-order valence-corrected chi connectivity index (χ2v) is 8.62. The van der Waals surface area contributed by atoms with Crippen LogP contribution in [0.15, 0.2) is 54.9 Å². The second kappa shape index (κ2) is 7.04. The van der Waals surface area contributed by atoms with Crippen molar-refractivity contribution in [3.63, 3.8) is 0 Å². The molecule has 0 aliphatic carbocycles. The molecule has 7 heteroatoms. The van der Waals surface area contributed by atoms with E-state index in [4.69, 9.17) is 0 Å². The van der Waals surface area contributed by atoms with E-state index < -0.39 is 11.5 Å². The van der Waals surface area contributed by atoms with Gasteiger partial charge in [0.15, 0.2) is 5.69 Å². The molecule has 2 aromatic heterocycles. The number of hydrogen-bond donors (Lipinski definition) is 1. The van der Waals surface area contributed by atoms with E-state index in [0.29, 0.717) is 18.7 Å². The van der Waals surface area contributed by atoms with Crippen molar-refractivity contribution in [3.8, 4) is 0 Å². The maximum Gasteiger partial charge on any atom is 0.274 e. The predicted molar refractivity (Wildman–Crippen MR) is 117 cm³/mol. The fraction of sp³-hybridized carbons (Fsp3) is 0.333. The lowest BCUT2D eigenvalue weighted by atomic mass is 9.73. The molecular weight excluding hydrogens is 390 g/mol. The Labute approximate surface area is 181 Å². The topological polar surface area (TPSA) is 80.1 Å². The van der Waals surface area contributed by atoms with Crippen molar-refractivity contribution in [1.29, 1.82) is 0 Å². The van der Waals surface area contributed by atoms with E-state index in [-0.39, 0.29) is 17.9 Å². The van der Waals surface area contributed by atoms with Gasteiger partial charge in [-0.05, 0) is 56.5 Å². The van der Waals surface area contributed by atoms with E-state index in [1.165, 1.54) is 0 Å². The van der Waals surface area contributed by atoms with Gasteiger partial charge in [-0.3, -0.25) is 19.3 Å². The second-order valence-electron chi connectivity index (χ2n) is 8.62. The van der Waals surface area contributed by atoms with Crippen LogP contribution >= 0.6 is 0 Å². The van der Waals surface area contributed by atoms with Crippen molar-refractivity contribution in [2.75, 3.05) is 11.9 Å². The van der Waals surface area contributed by atoms with Crippen LogP contribution in [0.5, 0.6) is 0 Å². The van der Waals surface area contributed by atoms with Gasteiger partial charge < -0.3 is 10.2 Å². The number of nitrogens with zero attached hydrogens (tertiary/aromatic N) is 4. The molecule has 2 atom stereocenters. The number of nitrogens with one attached hydrogen (secondary N) is 1. The van der Waals surface area contributed by atoms with E-state index in [9.17, 15) is 9.59 Å². The number of rotatable bonds is 3. The number of aryl methyl sites for hydroxylation is 1. The Morgan fingerprint density at radius 3 is 2.74 bits per heavy atom. The molecule has 0 bridgehead atoms. The number of anilines is 1. The zero-order valence-electron chi connectivity index (χ0n) is 17.9. The molecule has 31 heavy (non-hydrogen) atoms. The summed E-state index contributed by atoms with van der Waals surface area (Å²) in [5, 5.41) is 7.61. The third-order valence-corrected chi connectivity index (χ3v) is 6.48. The number of aromatic nitrogens is 3. The van der Waals surface area contributed by atoms with Crippen LogP contribution in [0.2, 0.25) is 0 Å². The Hall–Kier alpha value is -3.48. The Morgan fingerprint density at radius 2 is 2.03 bits per heavy atom. The van der Waals surface area contributed by atoms with Crippen LogP contribution in [-0.4, -0.2) is 38.0 Å². The van der Waals surface area contributed by atoms with Gasteiger partial charge in [-0.15, -0.1) is 0 Å². The molecule has 158 valence electrons. The molecule has 1 spiro atoms. The molecule has 0 saturated carbocycles. The van der Waals surface area contributed by atoms with Crippen molar-refractivity contribution < 1.29 is 9.59 Å². The summed E-state index contributed by atoms with van der Waals surface area (Å²) in [6.45, 7) is 6.50. The van der Waals surface area contributed by atoms with Gasteiger partial charge >= 0.3 is 0 Å². The summed E-state index contributed by atoms with van der Waals surface area (Å²) >= 11 is 0. The molecule has 7 nitrogen and oxygen atoms in total. The van der Waals surface area contributed by atoms with Crippen LogP contribution in [0.1, 0.15) is 59.7 Å². The minimum absolute atomic E-state index is 0.0678. The smallest absolute Gasteiger partial charge is 0.274 e. The van der Waals surface area contributed by atoms with Crippen LogP contribution in [0.25, 0.3) is 0 Å². The van der Waals surface area contributed by atoms with Crippen LogP contribution in [0.3, 0.4) is 0 Å². The summed E-state index contributed by atoms with van der Waals surface area (Å²) in [6, 6.07) is 13.1. The Kier molecular flexibility index (Phi) is 4.43. The molecule has 2 amide bonds. The maximum atomic E-state index is 13.7. The van der Waals surface area contributed by atoms with Crippen molar-refractivity contribution >= 4 is 17.5 Å². The highest BCUT2D eigenvalue weighted by atomic mass is 16.2. The minimum Gasteiger partial charge on any atom is -0.329 e. The third-order valence-electron chi connectivity index (χ3n) is 6.48. The summed E-state index contributed by atoms with van der Waals surface area (Å²) in [4.78, 5) is 33.2. The number of fused-ring (bicyclic) bond motifs is 2. The molecule has 1 N–H and O–H groups in total. The Morgan fingerprint density at radius 1 is 1.23 bits per heavy atom. The van der Waals surface area contributed by atoms with Gasteiger partial charge in [-0.2, -0.15) is 5.10 Å². The summed E-state index contributed by atoms with van der Waals surface area (Å²) in [6.07, 6.45) is 4.00. The lowest BCUT2D eigenvalue weighted by molar-refractivity contribution is -0.121. The number of hydrogen-bond acceptors (Lipinski definition) is 4. The van der Waals surface area contributed by atoms with Gasteiger partial charge in [0.1, 0.15) is 5.41 Å². The first-order valence-corrected chi connectivity index (χ1v) is 10.6. The SMILES string of the molecule is Cc1cc(C(=O)N2CCC3(C(=O)Nc4ccccc43)C2c2cccnc2)nn1C(C)C. The summed E-state index contributed by atoms with van der Waals surface area (Å²) in [7, 11) is 0. The van der Waals surface area contributed by atoms with E-state index in [2.05, 4.69) is 15.4 Å². The molecule has 1 fully saturated rings. The van der Waals surface area contributed by atoms with Crippen LogP contribution < -0.4 is 5.32 Å². The lowest BCUT2D eigenvalue weighted by Crippen LogP contribution is -2.42. The van der Waals surface area contributed by atoms with E-state index in [1.54, 1.807) is 17.3 Å². The van der Waals surface area contributed by atoms with Gasteiger partial charge in [-0.1, -0.05) is 24.3 Å². The number of benzene rings is 1. The van der Waals surface area contributed by atoms with Gasteiger partial charge in [-0.25, -0.2) is 0 Å². The zero-order valence-corrected chi connectivity index (χ0v) is 17.9.